The number of hydrogen-bond donors (Lipinski definition) is 1. The van der Waals surface area contributed by atoms with Crippen LogP contribution >= 0.6 is 0 Å². The third kappa shape index (κ3) is 5.66. The van der Waals surface area contributed by atoms with Crippen molar-refractivity contribution in [2.75, 3.05) is 4.72 Å². The van der Waals surface area contributed by atoms with Crippen LogP contribution in [0, 0.1) is 11.6 Å². The Morgan fingerprint density at radius 3 is 1.97 bits per heavy atom. The molecule has 1 N–H and O–H groups in total. The van der Waals surface area contributed by atoms with Gasteiger partial charge in [0.25, 0.3) is 10.0 Å². The molecule has 0 aliphatic rings. The Balaban J connectivity index is 1.99. The summed E-state index contributed by atoms with van der Waals surface area (Å²) < 4.78 is 138. The lowest BCUT2D eigenvalue weighted by molar-refractivity contribution is -0.143. The van der Waals surface area contributed by atoms with Crippen LogP contribution in [-0.4, -0.2) is 18.4 Å². The smallest absolute Gasteiger partial charge is 0.416 e. The maximum Gasteiger partial charge on any atom is 0.416 e. The molecule has 1 aromatic heterocycles. The van der Waals surface area contributed by atoms with Crippen molar-refractivity contribution in [2.24, 2.45) is 0 Å². The van der Waals surface area contributed by atoms with Crippen LogP contribution in [0.25, 0.3) is 0 Å². The molecule has 0 aliphatic carbocycles. The summed E-state index contributed by atoms with van der Waals surface area (Å²) in [5.41, 5.74) is -3.50. The Hall–Kier alpha value is -3.49. The molecule has 0 saturated heterocycles. The lowest BCUT2D eigenvalue weighted by atomic mass is 10.1. The van der Waals surface area contributed by atoms with E-state index in [1.165, 1.54) is 0 Å². The highest BCUT2D eigenvalue weighted by molar-refractivity contribution is 7.92. The molecule has 2 aromatic carbocycles. The lowest BCUT2D eigenvalue weighted by Gasteiger charge is -2.15. The van der Waals surface area contributed by atoms with Crippen LogP contribution in [-0.2, 0) is 22.4 Å². The number of sulfonamides is 1. The fourth-order valence-corrected chi connectivity index (χ4v) is 3.53. The zero-order valence-electron chi connectivity index (χ0n) is 15.7. The number of benzene rings is 2. The predicted octanol–water partition coefficient (Wildman–Crippen LogP) is 5.39. The zero-order chi connectivity index (χ0) is 24.6. The number of alkyl halides is 6. The maximum atomic E-state index is 14.4. The Labute approximate surface area is 179 Å². The number of aromatic nitrogens is 2. The van der Waals surface area contributed by atoms with Crippen molar-refractivity contribution < 1.29 is 48.3 Å². The van der Waals surface area contributed by atoms with Gasteiger partial charge in [0, 0.05) is 18.3 Å². The minimum atomic E-state index is -5.20. The standard InChI is InChI=1S/C18H9F8N3O3S/c19-12-7-15(33(30,31)29-16-1-2-27-8-28-16)13(20)6-14(12)32-11-4-9(17(21,22)23)3-10(5-11)18(24,25)26/h1-8H,(H,27,28,29). The van der Waals surface area contributed by atoms with E-state index in [9.17, 15) is 43.5 Å². The van der Waals surface area contributed by atoms with Gasteiger partial charge in [0.15, 0.2) is 11.6 Å². The molecule has 0 amide bonds. The number of halogens is 8. The molecule has 3 rings (SSSR count). The molecular weight excluding hydrogens is 490 g/mol. The summed E-state index contributed by atoms with van der Waals surface area (Å²) in [5, 5.41) is 0. The van der Waals surface area contributed by atoms with Gasteiger partial charge in [-0.3, -0.25) is 4.72 Å². The van der Waals surface area contributed by atoms with Crippen molar-refractivity contribution in [2.45, 2.75) is 17.2 Å². The van der Waals surface area contributed by atoms with Gasteiger partial charge < -0.3 is 4.74 Å². The molecule has 1 heterocycles. The van der Waals surface area contributed by atoms with Crippen molar-refractivity contribution in [3.63, 3.8) is 0 Å². The summed E-state index contributed by atoms with van der Waals surface area (Å²) in [4.78, 5) is 5.86. The normalized spacial score (nSPS) is 12.5. The Bertz CT molecular complexity index is 1250. The summed E-state index contributed by atoms with van der Waals surface area (Å²) in [6.07, 6.45) is -8.28. The number of ether oxygens (including phenoxy) is 1. The minimum absolute atomic E-state index is 0.145. The molecule has 0 spiro atoms. The lowest BCUT2D eigenvalue weighted by Crippen LogP contribution is -2.16. The fraction of sp³-hybridized carbons (Fsp3) is 0.111. The van der Waals surface area contributed by atoms with E-state index in [1.807, 2.05) is 4.72 Å². The molecule has 0 bridgehead atoms. The van der Waals surface area contributed by atoms with Gasteiger partial charge in [0.05, 0.1) is 11.1 Å². The molecule has 0 unspecified atom stereocenters. The molecule has 0 atom stereocenters. The second kappa shape index (κ2) is 8.46. The van der Waals surface area contributed by atoms with E-state index in [4.69, 9.17) is 4.74 Å². The minimum Gasteiger partial charge on any atom is -0.454 e. The first kappa shape index (κ1) is 24.2. The van der Waals surface area contributed by atoms with E-state index in [-0.39, 0.29) is 36.1 Å². The second-order valence-corrected chi connectivity index (χ2v) is 7.91. The maximum absolute atomic E-state index is 14.4. The van der Waals surface area contributed by atoms with Crippen LogP contribution < -0.4 is 9.46 Å². The quantitative estimate of drug-likeness (QED) is 0.477. The van der Waals surface area contributed by atoms with Crippen molar-refractivity contribution >= 4 is 15.8 Å². The van der Waals surface area contributed by atoms with Crippen LogP contribution in [0.5, 0.6) is 11.5 Å². The average Bonchev–Trinajstić information content (AvgIpc) is 2.69. The number of nitrogens with one attached hydrogen (secondary N) is 1. The first-order valence-corrected chi connectivity index (χ1v) is 9.90. The average molecular weight is 499 g/mol. The molecule has 3 aromatic rings. The van der Waals surface area contributed by atoms with E-state index < -0.39 is 61.5 Å². The number of hydrogen-bond acceptors (Lipinski definition) is 5. The summed E-state index contributed by atoms with van der Waals surface area (Å²) in [5.74, 6) is -5.72. The van der Waals surface area contributed by atoms with Gasteiger partial charge in [0.1, 0.15) is 28.6 Å². The van der Waals surface area contributed by atoms with Gasteiger partial charge in [0.2, 0.25) is 0 Å². The highest BCUT2D eigenvalue weighted by Gasteiger charge is 2.37. The van der Waals surface area contributed by atoms with E-state index in [0.717, 1.165) is 18.6 Å². The van der Waals surface area contributed by atoms with E-state index in [1.54, 1.807) is 0 Å². The molecule has 176 valence electrons. The molecule has 0 saturated carbocycles. The van der Waals surface area contributed by atoms with Crippen LogP contribution in [0.4, 0.5) is 40.9 Å². The summed E-state index contributed by atoms with van der Waals surface area (Å²) in [7, 11) is -4.72. The molecule has 33 heavy (non-hydrogen) atoms. The monoisotopic (exact) mass is 499 g/mol. The van der Waals surface area contributed by atoms with E-state index in [0.29, 0.717) is 0 Å². The number of anilines is 1. The Morgan fingerprint density at radius 2 is 1.45 bits per heavy atom. The molecule has 0 fully saturated rings. The van der Waals surface area contributed by atoms with Crippen LogP contribution in [0.15, 0.2) is 53.8 Å². The van der Waals surface area contributed by atoms with Gasteiger partial charge in [-0.05, 0) is 24.3 Å². The fourth-order valence-electron chi connectivity index (χ4n) is 2.45. The third-order valence-electron chi connectivity index (χ3n) is 3.89. The van der Waals surface area contributed by atoms with Crippen LogP contribution in [0.3, 0.4) is 0 Å². The van der Waals surface area contributed by atoms with Gasteiger partial charge in [-0.2, -0.15) is 26.3 Å². The van der Waals surface area contributed by atoms with E-state index >= 15 is 0 Å². The molecule has 15 heteroatoms. The number of nitrogens with zero attached hydrogens (tertiary/aromatic N) is 2. The Kier molecular flexibility index (Phi) is 6.19. The van der Waals surface area contributed by atoms with Gasteiger partial charge in [-0.25, -0.2) is 27.2 Å². The second-order valence-electron chi connectivity index (χ2n) is 6.26. The molecule has 6 nitrogen and oxygen atoms in total. The van der Waals surface area contributed by atoms with Crippen LogP contribution in [0.2, 0.25) is 0 Å². The SMILES string of the molecule is O=S(=O)(Nc1ccncn1)c1cc(F)c(Oc2cc(C(F)(F)F)cc(C(F)(F)F)c2)cc1F. The van der Waals surface area contributed by atoms with E-state index in [2.05, 4.69) is 9.97 Å². The van der Waals surface area contributed by atoms with Crippen molar-refractivity contribution in [3.8, 4) is 11.5 Å². The van der Waals surface area contributed by atoms with Gasteiger partial charge in [-0.1, -0.05) is 0 Å². The zero-order valence-corrected chi connectivity index (χ0v) is 16.5. The largest absolute Gasteiger partial charge is 0.454 e. The predicted molar refractivity (Wildman–Crippen MR) is 95.7 cm³/mol. The highest BCUT2D eigenvalue weighted by atomic mass is 32.2. The highest BCUT2D eigenvalue weighted by Crippen LogP contribution is 2.39. The Morgan fingerprint density at radius 1 is 0.848 bits per heavy atom. The van der Waals surface area contributed by atoms with Crippen molar-refractivity contribution in [1.82, 2.24) is 9.97 Å². The summed E-state index contributed by atoms with van der Waals surface area (Å²) in [6.45, 7) is 0. The molecule has 0 radical (unpaired) electrons. The molecular formula is C18H9F8N3O3S. The summed E-state index contributed by atoms with van der Waals surface area (Å²) >= 11 is 0. The topological polar surface area (TPSA) is 81.2 Å². The first-order valence-electron chi connectivity index (χ1n) is 8.42. The van der Waals surface area contributed by atoms with Crippen LogP contribution in [0.1, 0.15) is 11.1 Å². The van der Waals surface area contributed by atoms with Gasteiger partial charge >= 0.3 is 12.4 Å². The number of rotatable bonds is 5. The van der Waals surface area contributed by atoms with Crippen molar-refractivity contribution in [3.05, 3.63) is 71.7 Å². The van der Waals surface area contributed by atoms with Gasteiger partial charge in [-0.15, -0.1) is 0 Å². The van der Waals surface area contributed by atoms with Crippen molar-refractivity contribution in [1.29, 1.82) is 0 Å². The summed E-state index contributed by atoms with van der Waals surface area (Å²) in [6, 6.07) is 1.53. The third-order valence-corrected chi connectivity index (χ3v) is 5.26. The molecule has 0 aliphatic heterocycles. The first-order chi connectivity index (χ1) is 15.2.